The summed E-state index contributed by atoms with van der Waals surface area (Å²) in [6.45, 7) is 4.19. The summed E-state index contributed by atoms with van der Waals surface area (Å²) in [6, 6.07) is 3.93. The summed E-state index contributed by atoms with van der Waals surface area (Å²) in [5.74, 6) is 2.21. The molecule has 4 rings (SSSR count). The van der Waals surface area contributed by atoms with Gasteiger partial charge in [-0.25, -0.2) is 4.98 Å². The van der Waals surface area contributed by atoms with Gasteiger partial charge < -0.3 is 14.0 Å². The molecule has 1 aliphatic heterocycles. The normalized spacial score (nSPS) is 17.6. The molecule has 0 aliphatic carbocycles. The van der Waals surface area contributed by atoms with E-state index in [4.69, 9.17) is 0 Å². The SMILES string of the molecule is Cc1ccc(C(=O)N2CCC[C@@H](c3nnc(Cn4ccnc4)n3C)C2)s1. The fourth-order valence-corrected chi connectivity index (χ4v) is 4.33. The van der Waals surface area contributed by atoms with Crippen LogP contribution in [0.25, 0.3) is 0 Å². The Bertz CT molecular complexity index is 897. The van der Waals surface area contributed by atoms with Crippen molar-refractivity contribution in [1.29, 1.82) is 0 Å². The first-order chi connectivity index (χ1) is 12.6. The second kappa shape index (κ2) is 7.03. The van der Waals surface area contributed by atoms with Crippen LogP contribution >= 0.6 is 11.3 Å². The molecule has 4 heterocycles. The van der Waals surface area contributed by atoms with E-state index in [0.717, 1.165) is 35.9 Å². The van der Waals surface area contributed by atoms with Crippen molar-refractivity contribution < 1.29 is 4.79 Å². The first-order valence-electron chi connectivity index (χ1n) is 8.81. The zero-order valence-corrected chi connectivity index (χ0v) is 15.8. The van der Waals surface area contributed by atoms with Gasteiger partial charge in [-0.15, -0.1) is 21.5 Å². The van der Waals surface area contributed by atoms with Crippen LogP contribution in [-0.4, -0.2) is 48.2 Å². The summed E-state index contributed by atoms with van der Waals surface area (Å²) in [4.78, 5) is 20.8. The van der Waals surface area contributed by atoms with Crippen molar-refractivity contribution >= 4 is 17.2 Å². The molecule has 3 aromatic rings. The summed E-state index contributed by atoms with van der Waals surface area (Å²) in [7, 11) is 2.00. The monoisotopic (exact) mass is 370 g/mol. The lowest BCUT2D eigenvalue weighted by Gasteiger charge is -2.32. The van der Waals surface area contributed by atoms with Crippen molar-refractivity contribution in [3.05, 3.63) is 52.3 Å². The van der Waals surface area contributed by atoms with Crippen LogP contribution in [0, 0.1) is 6.92 Å². The van der Waals surface area contributed by atoms with E-state index >= 15 is 0 Å². The zero-order valence-electron chi connectivity index (χ0n) is 15.0. The van der Waals surface area contributed by atoms with E-state index in [1.54, 1.807) is 23.9 Å². The van der Waals surface area contributed by atoms with Crippen LogP contribution < -0.4 is 0 Å². The van der Waals surface area contributed by atoms with Crippen molar-refractivity contribution in [2.24, 2.45) is 7.05 Å². The number of piperidine rings is 1. The fraction of sp³-hybridized carbons (Fsp3) is 0.444. The summed E-state index contributed by atoms with van der Waals surface area (Å²) >= 11 is 1.56. The molecule has 1 amide bonds. The molecular formula is C18H22N6OS. The number of aryl methyl sites for hydroxylation is 1. The molecule has 0 bridgehead atoms. The topological polar surface area (TPSA) is 68.8 Å². The van der Waals surface area contributed by atoms with Crippen LogP contribution in [0.3, 0.4) is 0 Å². The van der Waals surface area contributed by atoms with Crippen molar-refractivity contribution in [3.63, 3.8) is 0 Å². The van der Waals surface area contributed by atoms with Crippen LogP contribution in [0.2, 0.25) is 0 Å². The van der Waals surface area contributed by atoms with Gasteiger partial charge in [-0.3, -0.25) is 4.79 Å². The Labute approximate surface area is 156 Å². The maximum atomic E-state index is 12.8. The van der Waals surface area contributed by atoms with Crippen molar-refractivity contribution in [1.82, 2.24) is 29.2 Å². The fourth-order valence-electron chi connectivity index (χ4n) is 3.49. The molecule has 1 aliphatic rings. The second-order valence-electron chi connectivity index (χ2n) is 6.77. The minimum atomic E-state index is 0.133. The van der Waals surface area contributed by atoms with E-state index in [0.29, 0.717) is 13.1 Å². The number of aromatic nitrogens is 5. The molecule has 26 heavy (non-hydrogen) atoms. The highest BCUT2D eigenvalue weighted by atomic mass is 32.1. The number of hydrogen-bond acceptors (Lipinski definition) is 5. The maximum Gasteiger partial charge on any atom is 0.263 e. The van der Waals surface area contributed by atoms with Gasteiger partial charge in [0.2, 0.25) is 0 Å². The molecule has 136 valence electrons. The first-order valence-corrected chi connectivity index (χ1v) is 9.63. The number of imidazole rings is 1. The molecule has 1 saturated heterocycles. The summed E-state index contributed by atoms with van der Waals surface area (Å²) in [5, 5.41) is 8.79. The highest BCUT2D eigenvalue weighted by molar-refractivity contribution is 7.13. The molecule has 8 heteroatoms. The lowest BCUT2D eigenvalue weighted by atomic mass is 9.97. The Morgan fingerprint density at radius 2 is 2.23 bits per heavy atom. The molecule has 0 saturated carbocycles. The zero-order chi connectivity index (χ0) is 18.1. The number of likely N-dealkylation sites (tertiary alicyclic amines) is 1. The number of thiophene rings is 1. The third-order valence-electron chi connectivity index (χ3n) is 4.91. The Balaban J connectivity index is 1.49. The maximum absolute atomic E-state index is 12.8. The average molecular weight is 370 g/mol. The van der Waals surface area contributed by atoms with Crippen LogP contribution in [0.4, 0.5) is 0 Å². The molecule has 0 unspecified atom stereocenters. The van der Waals surface area contributed by atoms with Crippen molar-refractivity contribution in [2.45, 2.75) is 32.2 Å². The van der Waals surface area contributed by atoms with Crippen LogP contribution in [-0.2, 0) is 13.6 Å². The standard InChI is InChI=1S/C18H22N6OS/c1-13-5-6-15(26-13)18(25)24-8-3-4-14(10-24)17-21-20-16(22(17)2)11-23-9-7-19-12-23/h5-7,9,12,14H,3-4,8,10-11H2,1-2H3/t14-/m1/s1. The summed E-state index contributed by atoms with van der Waals surface area (Å²) in [6.07, 6.45) is 7.47. The molecule has 3 aromatic heterocycles. The van der Waals surface area contributed by atoms with Gasteiger partial charge in [-0.05, 0) is 31.9 Å². The van der Waals surface area contributed by atoms with E-state index in [-0.39, 0.29) is 11.8 Å². The summed E-state index contributed by atoms with van der Waals surface area (Å²) in [5.41, 5.74) is 0. The number of amides is 1. The molecule has 0 spiro atoms. The lowest BCUT2D eigenvalue weighted by Crippen LogP contribution is -2.39. The molecule has 1 atom stereocenters. The van der Waals surface area contributed by atoms with Gasteiger partial charge in [0.15, 0.2) is 5.82 Å². The number of rotatable bonds is 4. The Hall–Kier alpha value is -2.48. The Morgan fingerprint density at radius 3 is 2.96 bits per heavy atom. The van der Waals surface area contributed by atoms with Gasteiger partial charge in [-0.2, -0.15) is 0 Å². The van der Waals surface area contributed by atoms with Crippen LogP contribution in [0.15, 0.2) is 30.9 Å². The van der Waals surface area contributed by atoms with E-state index in [1.165, 1.54) is 4.88 Å². The van der Waals surface area contributed by atoms with Crippen LogP contribution in [0.1, 0.15) is 45.0 Å². The molecule has 1 fully saturated rings. The van der Waals surface area contributed by atoms with Crippen molar-refractivity contribution in [2.75, 3.05) is 13.1 Å². The highest BCUT2D eigenvalue weighted by Crippen LogP contribution is 2.28. The van der Waals surface area contributed by atoms with Gasteiger partial charge in [0.25, 0.3) is 5.91 Å². The number of carbonyl (C=O) groups is 1. The minimum absolute atomic E-state index is 0.133. The van der Waals surface area contributed by atoms with E-state index in [9.17, 15) is 4.79 Å². The molecule has 0 aromatic carbocycles. The van der Waals surface area contributed by atoms with Crippen LogP contribution in [0.5, 0.6) is 0 Å². The molecule has 7 nitrogen and oxygen atoms in total. The summed E-state index contributed by atoms with van der Waals surface area (Å²) < 4.78 is 4.04. The smallest absolute Gasteiger partial charge is 0.263 e. The number of carbonyl (C=O) groups excluding carboxylic acids is 1. The van der Waals surface area contributed by atoms with E-state index < -0.39 is 0 Å². The predicted octanol–water partition coefficient (Wildman–Crippen LogP) is 2.45. The van der Waals surface area contributed by atoms with Gasteiger partial charge in [0, 0.05) is 43.3 Å². The predicted molar refractivity (Wildman–Crippen MR) is 99.3 cm³/mol. The average Bonchev–Trinajstić information content (AvgIpc) is 3.38. The van der Waals surface area contributed by atoms with Gasteiger partial charge in [0.1, 0.15) is 5.82 Å². The second-order valence-corrected chi connectivity index (χ2v) is 8.06. The molecule has 0 radical (unpaired) electrons. The molecule has 0 N–H and O–H groups in total. The Kier molecular flexibility index (Phi) is 4.58. The highest BCUT2D eigenvalue weighted by Gasteiger charge is 2.29. The third kappa shape index (κ3) is 3.29. The van der Waals surface area contributed by atoms with Gasteiger partial charge in [0.05, 0.1) is 17.7 Å². The number of nitrogens with zero attached hydrogens (tertiary/aromatic N) is 6. The largest absolute Gasteiger partial charge is 0.337 e. The van der Waals surface area contributed by atoms with Gasteiger partial charge in [-0.1, -0.05) is 0 Å². The molecular weight excluding hydrogens is 348 g/mol. The van der Waals surface area contributed by atoms with Crippen molar-refractivity contribution in [3.8, 4) is 0 Å². The number of hydrogen-bond donors (Lipinski definition) is 0. The third-order valence-corrected chi connectivity index (χ3v) is 5.90. The van der Waals surface area contributed by atoms with E-state index in [1.807, 2.05) is 41.8 Å². The first kappa shape index (κ1) is 17.0. The lowest BCUT2D eigenvalue weighted by molar-refractivity contribution is 0.0708. The van der Waals surface area contributed by atoms with E-state index in [2.05, 4.69) is 19.7 Å². The Morgan fingerprint density at radius 1 is 1.35 bits per heavy atom. The quantitative estimate of drug-likeness (QED) is 0.707. The minimum Gasteiger partial charge on any atom is -0.337 e. The van der Waals surface area contributed by atoms with Gasteiger partial charge >= 0.3 is 0 Å².